The minimum Gasteiger partial charge on any atom is -0.493 e. The molecule has 0 saturated carbocycles. The molecule has 24 heavy (non-hydrogen) atoms. The number of benzene rings is 2. The van der Waals surface area contributed by atoms with E-state index in [0.717, 1.165) is 0 Å². The van der Waals surface area contributed by atoms with Crippen molar-refractivity contribution in [2.45, 2.75) is 20.0 Å². The average Bonchev–Trinajstić information content (AvgIpc) is 2.62. The third kappa shape index (κ3) is 4.13. The van der Waals surface area contributed by atoms with Gasteiger partial charge in [-0.25, -0.2) is 4.79 Å². The molecule has 0 spiro atoms. The van der Waals surface area contributed by atoms with Crippen molar-refractivity contribution in [2.24, 2.45) is 0 Å². The van der Waals surface area contributed by atoms with E-state index in [1.54, 1.807) is 43.3 Å². The highest BCUT2D eigenvalue weighted by Crippen LogP contribution is 2.28. The summed E-state index contributed by atoms with van der Waals surface area (Å²) >= 11 is 0. The Labute approximate surface area is 141 Å². The molecule has 5 heteroatoms. The van der Waals surface area contributed by atoms with Gasteiger partial charge in [-0.3, -0.25) is 4.79 Å². The van der Waals surface area contributed by atoms with E-state index in [0.29, 0.717) is 29.2 Å². The summed E-state index contributed by atoms with van der Waals surface area (Å²) in [7, 11) is 1.49. The number of ketones is 1. The van der Waals surface area contributed by atoms with Crippen LogP contribution >= 0.6 is 0 Å². The van der Waals surface area contributed by atoms with Gasteiger partial charge in [-0.1, -0.05) is 30.3 Å². The van der Waals surface area contributed by atoms with Gasteiger partial charge in [-0.05, 0) is 32.0 Å². The molecule has 0 fully saturated rings. The summed E-state index contributed by atoms with van der Waals surface area (Å²) in [6.07, 6.45) is -0.877. The number of ether oxygens (including phenoxy) is 3. The molecule has 2 rings (SSSR count). The lowest BCUT2D eigenvalue weighted by atomic mass is 10.1. The molecule has 2 aromatic rings. The molecule has 0 bridgehead atoms. The summed E-state index contributed by atoms with van der Waals surface area (Å²) in [6.45, 7) is 3.90. The standard InChI is InChI=1S/C19H20O5/c1-4-23-16-11-10-15(12-17(16)22-3)19(21)24-13(2)18(20)14-8-6-5-7-9-14/h5-13H,4H2,1-3H3. The van der Waals surface area contributed by atoms with Crippen molar-refractivity contribution in [3.63, 3.8) is 0 Å². The van der Waals surface area contributed by atoms with Gasteiger partial charge in [0.2, 0.25) is 5.78 Å². The van der Waals surface area contributed by atoms with Crippen LogP contribution in [0, 0.1) is 0 Å². The van der Waals surface area contributed by atoms with Crippen LogP contribution in [-0.2, 0) is 4.74 Å². The molecule has 0 N–H and O–H groups in total. The Morgan fingerprint density at radius 3 is 2.33 bits per heavy atom. The molecule has 0 radical (unpaired) electrons. The van der Waals surface area contributed by atoms with Crippen LogP contribution in [0.25, 0.3) is 0 Å². The van der Waals surface area contributed by atoms with E-state index in [1.165, 1.54) is 13.2 Å². The summed E-state index contributed by atoms with van der Waals surface area (Å²) in [5.41, 5.74) is 0.796. The van der Waals surface area contributed by atoms with E-state index in [9.17, 15) is 9.59 Å². The molecule has 1 atom stereocenters. The quantitative estimate of drug-likeness (QED) is 0.575. The van der Waals surface area contributed by atoms with E-state index in [1.807, 2.05) is 13.0 Å². The molecule has 5 nitrogen and oxygen atoms in total. The Bertz CT molecular complexity index is 709. The first-order valence-corrected chi connectivity index (χ1v) is 7.68. The van der Waals surface area contributed by atoms with Gasteiger partial charge >= 0.3 is 5.97 Å². The predicted octanol–water partition coefficient (Wildman–Crippen LogP) is 3.52. The van der Waals surface area contributed by atoms with Crippen molar-refractivity contribution in [1.29, 1.82) is 0 Å². The molecule has 0 aliphatic carbocycles. The van der Waals surface area contributed by atoms with Gasteiger partial charge in [0.15, 0.2) is 17.6 Å². The maximum atomic E-state index is 12.3. The van der Waals surface area contributed by atoms with Crippen molar-refractivity contribution in [2.75, 3.05) is 13.7 Å². The summed E-state index contributed by atoms with van der Waals surface area (Å²) in [4.78, 5) is 24.5. The van der Waals surface area contributed by atoms with Gasteiger partial charge < -0.3 is 14.2 Å². The molecule has 0 amide bonds. The minimum atomic E-state index is -0.877. The molecule has 0 aliphatic rings. The second-order valence-electron chi connectivity index (χ2n) is 5.08. The highest BCUT2D eigenvalue weighted by molar-refractivity contribution is 6.01. The monoisotopic (exact) mass is 328 g/mol. The second kappa shape index (κ2) is 8.15. The fourth-order valence-electron chi connectivity index (χ4n) is 2.19. The zero-order chi connectivity index (χ0) is 17.5. The van der Waals surface area contributed by atoms with E-state index >= 15 is 0 Å². The lowest BCUT2D eigenvalue weighted by Gasteiger charge is -2.14. The molecular weight excluding hydrogens is 308 g/mol. The van der Waals surface area contributed by atoms with E-state index < -0.39 is 12.1 Å². The van der Waals surface area contributed by atoms with Crippen LogP contribution in [0.4, 0.5) is 0 Å². The number of methoxy groups -OCH3 is 1. The molecule has 0 aliphatic heterocycles. The van der Waals surface area contributed by atoms with Gasteiger partial charge in [0.1, 0.15) is 0 Å². The summed E-state index contributed by atoms with van der Waals surface area (Å²) < 4.78 is 15.9. The van der Waals surface area contributed by atoms with Crippen molar-refractivity contribution >= 4 is 11.8 Å². The number of esters is 1. The van der Waals surface area contributed by atoms with Crippen LogP contribution in [0.15, 0.2) is 48.5 Å². The van der Waals surface area contributed by atoms with Gasteiger partial charge in [-0.15, -0.1) is 0 Å². The van der Waals surface area contributed by atoms with Crippen LogP contribution in [-0.4, -0.2) is 31.6 Å². The third-order valence-electron chi connectivity index (χ3n) is 3.41. The van der Waals surface area contributed by atoms with Gasteiger partial charge in [0.25, 0.3) is 0 Å². The van der Waals surface area contributed by atoms with Crippen molar-refractivity contribution < 1.29 is 23.8 Å². The Balaban J connectivity index is 2.10. The van der Waals surface area contributed by atoms with Crippen LogP contribution in [0.5, 0.6) is 11.5 Å². The van der Waals surface area contributed by atoms with Gasteiger partial charge in [0.05, 0.1) is 19.3 Å². The lowest BCUT2D eigenvalue weighted by Crippen LogP contribution is -2.24. The number of carbonyl (C=O) groups excluding carboxylic acids is 2. The number of rotatable bonds is 7. The zero-order valence-electron chi connectivity index (χ0n) is 13.9. The maximum absolute atomic E-state index is 12.3. The van der Waals surface area contributed by atoms with Crippen molar-refractivity contribution in [3.8, 4) is 11.5 Å². The van der Waals surface area contributed by atoms with E-state index in [2.05, 4.69) is 0 Å². The second-order valence-corrected chi connectivity index (χ2v) is 5.08. The lowest BCUT2D eigenvalue weighted by molar-refractivity contribution is 0.0318. The van der Waals surface area contributed by atoms with E-state index in [4.69, 9.17) is 14.2 Å². The summed E-state index contributed by atoms with van der Waals surface area (Å²) in [5.74, 6) is 0.147. The van der Waals surface area contributed by atoms with Crippen molar-refractivity contribution in [1.82, 2.24) is 0 Å². The smallest absolute Gasteiger partial charge is 0.338 e. The molecule has 0 saturated heterocycles. The maximum Gasteiger partial charge on any atom is 0.338 e. The van der Waals surface area contributed by atoms with Crippen LogP contribution in [0.1, 0.15) is 34.6 Å². The Kier molecular flexibility index (Phi) is 5.95. The fourth-order valence-corrected chi connectivity index (χ4v) is 2.19. The summed E-state index contributed by atoms with van der Waals surface area (Å²) in [5, 5.41) is 0. The first-order chi connectivity index (χ1) is 11.6. The largest absolute Gasteiger partial charge is 0.493 e. The fraction of sp³-hybridized carbons (Fsp3) is 0.263. The van der Waals surface area contributed by atoms with Gasteiger partial charge in [0, 0.05) is 5.56 Å². The third-order valence-corrected chi connectivity index (χ3v) is 3.41. The SMILES string of the molecule is CCOc1ccc(C(=O)OC(C)C(=O)c2ccccc2)cc1OC. The van der Waals surface area contributed by atoms with Crippen LogP contribution in [0.3, 0.4) is 0 Å². The molecule has 1 unspecified atom stereocenters. The highest BCUT2D eigenvalue weighted by atomic mass is 16.5. The zero-order valence-corrected chi connectivity index (χ0v) is 13.9. The van der Waals surface area contributed by atoms with E-state index in [-0.39, 0.29) is 5.78 Å². The summed E-state index contributed by atoms with van der Waals surface area (Å²) in [6, 6.07) is 13.5. The number of carbonyl (C=O) groups is 2. The first kappa shape index (κ1) is 17.5. The molecule has 0 aromatic heterocycles. The number of hydrogen-bond acceptors (Lipinski definition) is 5. The van der Waals surface area contributed by atoms with Crippen LogP contribution in [0.2, 0.25) is 0 Å². The van der Waals surface area contributed by atoms with Gasteiger partial charge in [-0.2, -0.15) is 0 Å². The first-order valence-electron chi connectivity index (χ1n) is 7.68. The predicted molar refractivity (Wildman–Crippen MR) is 89.8 cm³/mol. The number of Topliss-reactive ketones (excluding diaryl/α,β-unsaturated/α-hetero) is 1. The number of hydrogen-bond donors (Lipinski definition) is 0. The average molecular weight is 328 g/mol. The van der Waals surface area contributed by atoms with Crippen molar-refractivity contribution in [3.05, 3.63) is 59.7 Å². The Hall–Kier alpha value is -2.82. The molecule has 126 valence electrons. The topological polar surface area (TPSA) is 61.8 Å². The molecular formula is C19H20O5. The normalized spacial score (nSPS) is 11.5. The highest BCUT2D eigenvalue weighted by Gasteiger charge is 2.21. The molecule has 0 heterocycles. The Morgan fingerprint density at radius 1 is 1.00 bits per heavy atom. The minimum absolute atomic E-state index is 0.248. The Morgan fingerprint density at radius 2 is 1.71 bits per heavy atom. The molecule has 2 aromatic carbocycles. The van der Waals surface area contributed by atoms with Crippen LogP contribution < -0.4 is 9.47 Å².